The van der Waals surface area contributed by atoms with Crippen molar-refractivity contribution in [3.05, 3.63) is 103 Å². The van der Waals surface area contributed by atoms with Crippen LogP contribution in [0.15, 0.2) is 97.2 Å². The molecule has 0 atom stereocenters. The van der Waals surface area contributed by atoms with E-state index in [0.717, 1.165) is 12.1 Å². The summed E-state index contributed by atoms with van der Waals surface area (Å²) in [5.41, 5.74) is 10.1. The zero-order chi connectivity index (χ0) is 26.9. The standard InChI is InChI=1S/C36H34GeN2/c1-23(2)18-25-21-33(38-22-32(25)37(3,4)5)26-19-30(24-12-7-6-8-13-24)36-31(20-26)29-16-11-15-28-27-14-9-10-17-34(27)39(36)35(28)29/h6-17,19-23H,18H2,1-5H3. The van der Waals surface area contributed by atoms with E-state index in [0.29, 0.717) is 5.92 Å². The molecule has 3 aromatic heterocycles. The van der Waals surface area contributed by atoms with Crippen molar-refractivity contribution in [2.45, 2.75) is 37.5 Å². The van der Waals surface area contributed by atoms with E-state index in [1.807, 2.05) is 0 Å². The number of para-hydroxylation sites is 2. The molecule has 0 fully saturated rings. The van der Waals surface area contributed by atoms with Crippen molar-refractivity contribution in [3.63, 3.8) is 0 Å². The molecule has 3 heterocycles. The number of fused-ring (bicyclic) bond motifs is 6. The number of rotatable bonds is 5. The van der Waals surface area contributed by atoms with Crippen LogP contribution in [0.25, 0.3) is 60.5 Å². The van der Waals surface area contributed by atoms with Crippen molar-refractivity contribution in [1.82, 2.24) is 9.38 Å². The molecule has 0 aliphatic heterocycles. The molecule has 0 radical (unpaired) electrons. The minimum absolute atomic E-state index is 0.612. The van der Waals surface area contributed by atoms with E-state index in [-0.39, 0.29) is 0 Å². The summed E-state index contributed by atoms with van der Waals surface area (Å²) in [6.07, 6.45) is 3.31. The normalized spacial score (nSPS) is 12.6. The van der Waals surface area contributed by atoms with E-state index < -0.39 is 13.3 Å². The molecule has 7 rings (SSSR count). The molecule has 0 amide bonds. The van der Waals surface area contributed by atoms with Crippen molar-refractivity contribution in [3.8, 4) is 22.4 Å². The van der Waals surface area contributed by atoms with Crippen LogP contribution >= 0.6 is 0 Å². The second-order valence-corrected chi connectivity index (χ2v) is 23.0. The Morgan fingerprint density at radius 1 is 0.692 bits per heavy atom. The number of aromatic nitrogens is 2. The Kier molecular flexibility index (Phi) is 5.61. The van der Waals surface area contributed by atoms with E-state index in [1.54, 1.807) is 0 Å². The van der Waals surface area contributed by atoms with Gasteiger partial charge in [0, 0.05) is 0 Å². The maximum atomic E-state index is 5.12. The van der Waals surface area contributed by atoms with Crippen molar-refractivity contribution in [2.24, 2.45) is 5.92 Å². The third kappa shape index (κ3) is 3.88. The number of hydrogen-bond acceptors (Lipinski definition) is 1. The Morgan fingerprint density at radius 2 is 1.38 bits per heavy atom. The van der Waals surface area contributed by atoms with Gasteiger partial charge in [0.2, 0.25) is 0 Å². The van der Waals surface area contributed by atoms with E-state index in [2.05, 4.69) is 133 Å². The van der Waals surface area contributed by atoms with Gasteiger partial charge in [-0.05, 0) is 0 Å². The van der Waals surface area contributed by atoms with Gasteiger partial charge in [0.15, 0.2) is 0 Å². The summed E-state index contributed by atoms with van der Waals surface area (Å²) in [6.45, 7) is 4.64. The van der Waals surface area contributed by atoms with Gasteiger partial charge in [-0.25, -0.2) is 0 Å². The Hall–Kier alpha value is -3.63. The molecule has 4 aromatic carbocycles. The van der Waals surface area contributed by atoms with E-state index in [9.17, 15) is 0 Å². The molecule has 0 aliphatic carbocycles. The average molecular weight is 567 g/mol. The maximum absolute atomic E-state index is 5.12. The van der Waals surface area contributed by atoms with Gasteiger partial charge in [0.05, 0.1) is 0 Å². The second-order valence-electron chi connectivity index (χ2n) is 12.4. The van der Waals surface area contributed by atoms with Crippen molar-refractivity contribution in [1.29, 1.82) is 0 Å². The van der Waals surface area contributed by atoms with Crippen LogP contribution in [0.4, 0.5) is 0 Å². The number of hydrogen-bond donors (Lipinski definition) is 0. The predicted octanol–water partition coefficient (Wildman–Crippen LogP) is 9.31. The van der Waals surface area contributed by atoms with Gasteiger partial charge < -0.3 is 0 Å². The summed E-state index contributed by atoms with van der Waals surface area (Å²) in [4.78, 5) is 5.12. The molecule has 0 spiro atoms. The molecular weight excluding hydrogens is 533 g/mol. The van der Waals surface area contributed by atoms with Gasteiger partial charge in [-0.3, -0.25) is 0 Å². The van der Waals surface area contributed by atoms with Gasteiger partial charge in [-0.1, -0.05) is 6.07 Å². The summed E-state index contributed by atoms with van der Waals surface area (Å²) >= 11 is -2.05. The summed E-state index contributed by atoms with van der Waals surface area (Å²) in [5, 5.41) is 5.23. The van der Waals surface area contributed by atoms with Crippen LogP contribution in [-0.4, -0.2) is 22.7 Å². The minimum atomic E-state index is -2.05. The molecule has 3 heteroatoms. The van der Waals surface area contributed by atoms with Gasteiger partial charge in [-0.2, -0.15) is 0 Å². The predicted molar refractivity (Wildman–Crippen MR) is 171 cm³/mol. The average Bonchev–Trinajstić information content (AvgIpc) is 3.44. The van der Waals surface area contributed by atoms with Crippen LogP contribution in [0.2, 0.25) is 17.3 Å². The third-order valence-corrected chi connectivity index (χ3v) is 12.5. The van der Waals surface area contributed by atoms with Gasteiger partial charge in [0.1, 0.15) is 0 Å². The topological polar surface area (TPSA) is 17.3 Å². The third-order valence-electron chi connectivity index (χ3n) is 8.12. The summed E-state index contributed by atoms with van der Waals surface area (Å²) in [6, 6.07) is 33.6. The number of nitrogens with zero attached hydrogens (tertiary/aromatic N) is 2. The number of benzene rings is 4. The fraction of sp³-hybridized carbons (Fsp3) is 0.194. The van der Waals surface area contributed by atoms with Crippen molar-refractivity contribution < 1.29 is 0 Å². The molecule has 0 unspecified atom stereocenters. The van der Waals surface area contributed by atoms with Gasteiger partial charge in [0.25, 0.3) is 0 Å². The van der Waals surface area contributed by atoms with Gasteiger partial charge in [-0.15, -0.1) is 0 Å². The summed E-state index contributed by atoms with van der Waals surface area (Å²) in [7, 11) is 0. The Bertz CT molecular complexity index is 1990. The zero-order valence-corrected chi connectivity index (χ0v) is 25.5. The first-order chi connectivity index (χ1) is 18.8. The van der Waals surface area contributed by atoms with Crippen LogP contribution in [0, 0.1) is 5.92 Å². The molecule has 0 saturated heterocycles. The molecule has 39 heavy (non-hydrogen) atoms. The van der Waals surface area contributed by atoms with Crippen LogP contribution in [0.3, 0.4) is 0 Å². The molecule has 0 N–H and O–H groups in total. The van der Waals surface area contributed by atoms with E-state index >= 15 is 0 Å². The van der Waals surface area contributed by atoms with Crippen LogP contribution in [0.5, 0.6) is 0 Å². The fourth-order valence-corrected chi connectivity index (χ4v) is 9.81. The van der Waals surface area contributed by atoms with Gasteiger partial charge >= 0.3 is 228 Å². The fourth-order valence-electron chi connectivity index (χ4n) is 6.47. The molecule has 0 aliphatic rings. The van der Waals surface area contributed by atoms with Crippen LogP contribution in [0.1, 0.15) is 19.4 Å². The molecule has 2 nitrogen and oxygen atoms in total. The molecule has 7 aromatic rings. The summed E-state index contributed by atoms with van der Waals surface area (Å²) < 4.78 is 4.03. The first kappa shape index (κ1) is 24.4. The summed E-state index contributed by atoms with van der Waals surface area (Å²) in [5.74, 6) is 8.04. The first-order valence-corrected chi connectivity index (χ1v) is 21.4. The van der Waals surface area contributed by atoms with Crippen LogP contribution in [-0.2, 0) is 6.42 Å². The first-order valence-electron chi connectivity index (χ1n) is 14.1. The molecule has 192 valence electrons. The Balaban J connectivity index is 1.59. The van der Waals surface area contributed by atoms with Crippen molar-refractivity contribution in [2.75, 3.05) is 0 Å². The monoisotopic (exact) mass is 568 g/mol. The quantitative estimate of drug-likeness (QED) is 0.190. The molecule has 0 saturated carbocycles. The van der Waals surface area contributed by atoms with Crippen molar-refractivity contribution >= 4 is 55.8 Å². The van der Waals surface area contributed by atoms with Crippen LogP contribution < -0.4 is 4.40 Å². The Labute approximate surface area is 233 Å². The Morgan fingerprint density at radius 3 is 2.13 bits per heavy atom. The SMILES string of the molecule is CC(C)Cc1cc(-c2cc(-c3ccccc3)c3c(c2)c2cccc4c5ccccc5n3c42)nc[c]1[Ge]([CH3])([CH3])[CH3]. The number of pyridine rings is 1. The molecule has 0 bridgehead atoms. The zero-order valence-electron chi connectivity index (χ0n) is 23.4. The van der Waals surface area contributed by atoms with E-state index in [4.69, 9.17) is 4.98 Å². The van der Waals surface area contributed by atoms with E-state index in [1.165, 1.54) is 64.7 Å². The second kappa shape index (κ2) is 8.96. The molecular formula is C36H34GeN2.